The molecule has 1 N–H and O–H groups in total. The monoisotopic (exact) mass is 352 g/mol. The van der Waals surface area contributed by atoms with Gasteiger partial charge in [-0.2, -0.15) is 0 Å². The largest absolute Gasteiger partial charge is 0.493 e. The first kappa shape index (κ1) is 17.5. The zero-order valence-corrected chi connectivity index (χ0v) is 14.7. The quantitative estimate of drug-likeness (QED) is 0.706. The molecule has 0 saturated heterocycles. The summed E-state index contributed by atoms with van der Waals surface area (Å²) in [5, 5.41) is 6.92. The van der Waals surface area contributed by atoms with Gasteiger partial charge in [-0.25, -0.2) is 0 Å². The summed E-state index contributed by atoms with van der Waals surface area (Å²) in [6.45, 7) is 0.452. The highest BCUT2D eigenvalue weighted by atomic mass is 16.5. The lowest BCUT2D eigenvalue weighted by Crippen LogP contribution is -2.25. The Bertz CT molecular complexity index is 875. The zero-order chi connectivity index (χ0) is 18.4. The van der Waals surface area contributed by atoms with E-state index in [4.69, 9.17) is 14.0 Å². The van der Waals surface area contributed by atoms with Gasteiger partial charge in [-0.05, 0) is 18.2 Å². The van der Waals surface area contributed by atoms with E-state index in [1.807, 2.05) is 36.4 Å². The third-order valence-electron chi connectivity index (χ3n) is 3.93. The Kier molecular flexibility index (Phi) is 5.53. The number of ether oxygens (including phenoxy) is 2. The maximum atomic E-state index is 12.3. The number of nitrogens with zero attached hydrogens (tertiary/aromatic N) is 1. The Balaban J connectivity index is 1.57. The number of nitrogens with one attached hydrogen (secondary N) is 1. The van der Waals surface area contributed by atoms with Crippen LogP contribution in [0.1, 0.15) is 16.1 Å². The number of carbonyl (C=O) groups excluding carboxylic acids is 1. The predicted molar refractivity (Wildman–Crippen MR) is 97.5 cm³/mol. The molecule has 0 atom stereocenters. The lowest BCUT2D eigenvalue weighted by atomic mass is 10.1. The molecule has 0 spiro atoms. The van der Waals surface area contributed by atoms with E-state index in [0.29, 0.717) is 35.8 Å². The van der Waals surface area contributed by atoms with E-state index in [9.17, 15) is 4.79 Å². The van der Waals surface area contributed by atoms with Gasteiger partial charge in [0.25, 0.3) is 5.91 Å². The van der Waals surface area contributed by atoms with E-state index in [-0.39, 0.29) is 5.91 Å². The van der Waals surface area contributed by atoms with Gasteiger partial charge in [0, 0.05) is 30.2 Å². The highest BCUT2D eigenvalue weighted by Crippen LogP contribution is 2.27. The lowest BCUT2D eigenvalue weighted by Gasteiger charge is -2.09. The van der Waals surface area contributed by atoms with Gasteiger partial charge >= 0.3 is 0 Å². The number of aromatic nitrogens is 1. The topological polar surface area (TPSA) is 73.6 Å². The lowest BCUT2D eigenvalue weighted by molar-refractivity contribution is 0.0953. The van der Waals surface area contributed by atoms with Crippen molar-refractivity contribution >= 4 is 5.91 Å². The SMILES string of the molecule is COc1ccc(C(=O)NCCc2cc(-c3ccccc3)on2)cc1OC. The molecule has 1 aromatic heterocycles. The maximum Gasteiger partial charge on any atom is 0.251 e. The van der Waals surface area contributed by atoms with E-state index in [0.717, 1.165) is 11.3 Å². The van der Waals surface area contributed by atoms with Crippen molar-refractivity contribution in [2.75, 3.05) is 20.8 Å². The third-order valence-corrected chi connectivity index (χ3v) is 3.93. The average molecular weight is 352 g/mol. The molecule has 1 heterocycles. The highest BCUT2D eigenvalue weighted by molar-refractivity contribution is 5.94. The van der Waals surface area contributed by atoms with Crippen LogP contribution in [0.15, 0.2) is 59.1 Å². The summed E-state index contributed by atoms with van der Waals surface area (Å²) in [5.41, 5.74) is 2.27. The van der Waals surface area contributed by atoms with Crippen molar-refractivity contribution in [2.45, 2.75) is 6.42 Å². The van der Waals surface area contributed by atoms with Crippen LogP contribution in [-0.2, 0) is 6.42 Å². The first-order valence-corrected chi connectivity index (χ1v) is 8.22. The fourth-order valence-electron chi connectivity index (χ4n) is 2.55. The smallest absolute Gasteiger partial charge is 0.251 e. The number of methoxy groups -OCH3 is 2. The minimum absolute atomic E-state index is 0.183. The average Bonchev–Trinajstić information content (AvgIpc) is 3.17. The molecule has 0 unspecified atom stereocenters. The molecule has 1 amide bonds. The van der Waals surface area contributed by atoms with Gasteiger partial charge in [0.15, 0.2) is 17.3 Å². The van der Waals surface area contributed by atoms with Crippen molar-refractivity contribution in [3.8, 4) is 22.8 Å². The fraction of sp³-hybridized carbons (Fsp3) is 0.200. The molecule has 0 radical (unpaired) electrons. The van der Waals surface area contributed by atoms with Crippen molar-refractivity contribution in [3.63, 3.8) is 0 Å². The summed E-state index contributed by atoms with van der Waals surface area (Å²) in [7, 11) is 3.09. The van der Waals surface area contributed by atoms with Gasteiger partial charge in [-0.1, -0.05) is 35.5 Å². The molecule has 6 heteroatoms. The number of benzene rings is 2. The van der Waals surface area contributed by atoms with Crippen molar-refractivity contribution < 1.29 is 18.8 Å². The number of amides is 1. The van der Waals surface area contributed by atoms with Crippen molar-refractivity contribution in [1.82, 2.24) is 10.5 Å². The molecular weight excluding hydrogens is 332 g/mol. The van der Waals surface area contributed by atoms with E-state index in [1.54, 1.807) is 25.3 Å². The maximum absolute atomic E-state index is 12.3. The van der Waals surface area contributed by atoms with Crippen LogP contribution >= 0.6 is 0 Å². The number of hydrogen-bond acceptors (Lipinski definition) is 5. The van der Waals surface area contributed by atoms with Crippen molar-refractivity contribution in [2.24, 2.45) is 0 Å². The van der Waals surface area contributed by atoms with Crippen LogP contribution in [0.5, 0.6) is 11.5 Å². The van der Waals surface area contributed by atoms with Gasteiger partial charge in [0.2, 0.25) is 0 Å². The molecule has 0 aliphatic heterocycles. The van der Waals surface area contributed by atoms with Crippen LogP contribution in [-0.4, -0.2) is 31.8 Å². The van der Waals surface area contributed by atoms with Crippen LogP contribution in [0.3, 0.4) is 0 Å². The molecular formula is C20H20N2O4. The van der Waals surface area contributed by atoms with Gasteiger partial charge < -0.3 is 19.3 Å². The molecule has 0 bridgehead atoms. The van der Waals surface area contributed by atoms with Crippen LogP contribution < -0.4 is 14.8 Å². The second-order valence-corrected chi connectivity index (χ2v) is 5.62. The molecule has 0 saturated carbocycles. The van der Waals surface area contributed by atoms with E-state index >= 15 is 0 Å². The Morgan fingerprint density at radius 1 is 1.04 bits per heavy atom. The summed E-state index contributed by atoms with van der Waals surface area (Å²) in [4.78, 5) is 12.3. The highest BCUT2D eigenvalue weighted by Gasteiger charge is 2.11. The van der Waals surface area contributed by atoms with Crippen LogP contribution in [0.4, 0.5) is 0 Å². The minimum Gasteiger partial charge on any atom is -0.493 e. The molecule has 0 aliphatic carbocycles. The summed E-state index contributed by atoms with van der Waals surface area (Å²) >= 11 is 0. The number of carbonyl (C=O) groups is 1. The molecule has 0 fully saturated rings. The summed E-state index contributed by atoms with van der Waals surface area (Å²) in [6.07, 6.45) is 0.579. The van der Waals surface area contributed by atoms with Crippen LogP contribution in [0.2, 0.25) is 0 Å². The van der Waals surface area contributed by atoms with Crippen LogP contribution in [0, 0.1) is 0 Å². The van der Waals surface area contributed by atoms with Crippen molar-refractivity contribution in [3.05, 3.63) is 65.9 Å². The Labute approximate surface area is 151 Å². The molecule has 3 aromatic rings. The van der Waals surface area contributed by atoms with E-state index < -0.39 is 0 Å². The minimum atomic E-state index is -0.183. The van der Waals surface area contributed by atoms with Gasteiger partial charge in [-0.15, -0.1) is 0 Å². The standard InChI is InChI=1S/C20H20N2O4/c1-24-17-9-8-15(12-19(17)25-2)20(23)21-11-10-16-13-18(26-22-16)14-6-4-3-5-7-14/h3-9,12-13H,10-11H2,1-2H3,(H,21,23). The number of hydrogen-bond donors (Lipinski definition) is 1. The van der Waals surface area contributed by atoms with Gasteiger partial charge in [-0.3, -0.25) is 4.79 Å². The summed E-state index contributed by atoms with van der Waals surface area (Å²) in [5.74, 6) is 1.63. The predicted octanol–water partition coefficient (Wildman–Crippen LogP) is 3.33. The molecule has 3 rings (SSSR count). The third kappa shape index (κ3) is 4.03. The fourth-order valence-corrected chi connectivity index (χ4v) is 2.55. The second kappa shape index (κ2) is 8.20. The first-order valence-electron chi connectivity index (χ1n) is 8.22. The Hall–Kier alpha value is -3.28. The summed E-state index contributed by atoms with van der Waals surface area (Å²) < 4.78 is 15.7. The normalized spacial score (nSPS) is 10.4. The molecule has 6 nitrogen and oxygen atoms in total. The zero-order valence-electron chi connectivity index (χ0n) is 14.7. The van der Waals surface area contributed by atoms with E-state index in [1.165, 1.54) is 7.11 Å². The van der Waals surface area contributed by atoms with Gasteiger partial charge in [0.05, 0.1) is 19.9 Å². The molecule has 26 heavy (non-hydrogen) atoms. The second-order valence-electron chi connectivity index (χ2n) is 5.62. The molecule has 134 valence electrons. The summed E-state index contributed by atoms with van der Waals surface area (Å²) in [6, 6.07) is 16.7. The van der Waals surface area contributed by atoms with Crippen molar-refractivity contribution in [1.29, 1.82) is 0 Å². The first-order chi connectivity index (χ1) is 12.7. The Morgan fingerprint density at radius 3 is 2.54 bits per heavy atom. The Morgan fingerprint density at radius 2 is 1.81 bits per heavy atom. The number of rotatable bonds is 7. The van der Waals surface area contributed by atoms with Crippen LogP contribution in [0.25, 0.3) is 11.3 Å². The van der Waals surface area contributed by atoms with E-state index in [2.05, 4.69) is 10.5 Å². The van der Waals surface area contributed by atoms with Gasteiger partial charge in [0.1, 0.15) is 0 Å². The molecule has 2 aromatic carbocycles. The molecule has 0 aliphatic rings.